The maximum atomic E-state index is 12.0. The highest BCUT2D eigenvalue weighted by atomic mass is 32.2. The second kappa shape index (κ2) is 7.27. The fourth-order valence-electron chi connectivity index (χ4n) is 2.40. The van der Waals surface area contributed by atoms with Gasteiger partial charge < -0.3 is 5.32 Å². The van der Waals surface area contributed by atoms with E-state index in [0.29, 0.717) is 5.13 Å². The van der Waals surface area contributed by atoms with E-state index in [4.69, 9.17) is 0 Å². The standard InChI is InChI=1S/C18H15N5OS2/c1-12-10-26-18(19-12)21-16(24)11-25-17-8-7-15-20-14(9-23(15)22-17)13-5-3-2-4-6-13/h2-10H,11H2,1H3,(H,19,21,24). The van der Waals surface area contributed by atoms with Gasteiger partial charge in [-0.1, -0.05) is 42.1 Å². The van der Waals surface area contributed by atoms with Gasteiger partial charge in [-0.05, 0) is 19.1 Å². The molecule has 0 fully saturated rings. The molecule has 1 amide bonds. The van der Waals surface area contributed by atoms with Crippen molar-refractivity contribution in [1.29, 1.82) is 0 Å². The molecule has 3 heterocycles. The summed E-state index contributed by atoms with van der Waals surface area (Å²) in [6.07, 6.45) is 1.90. The van der Waals surface area contributed by atoms with Crippen LogP contribution in [0.2, 0.25) is 0 Å². The lowest BCUT2D eigenvalue weighted by atomic mass is 10.2. The second-order valence-electron chi connectivity index (χ2n) is 5.60. The summed E-state index contributed by atoms with van der Waals surface area (Å²) in [5.41, 5.74) is 3.60. The number of nitrogens with zero attached hydrogens (tertiary/aromatic N) is 4. The Morgan fingerprint density at radius 2 is 2.04 bits per heavy atom. The van der Waals surface area contributed by atoms with Gasteiger partial charge in [0.1, 0.15) is 5.03 Å². The monoisotopic (exact) mass is 381 g/mol. The zero-order valence-corrected chi connectivity index (χ0v) is 15.5. The smallest absolute Gasteiger partial charge is 0.236 e. The third kappa shape index (κ3) is 3.76. The maximum absolute atomic E-state index is 12.0. The molecule has 0 saturated heterocycles. The molecule has 130 valence electrons. The van der Waals surface area contributed by atoms with Crippen LogP contribution in [0, 0.1) is 6.92 Å². The van der Waals surface area contributed by atoms with Crippen LogP contribution in [-0.4, -0.2) is 31.2 Å². The first kappa shape index (κ1) is 16.7. The summed E-state index contributed by atoms with van der Waals surface area (Å²) >= 11 is 2.80. The highest BCUT2D eigenvalue weighted by Gasteiger charge is 2.09. The fourth-order valence-corrected chi connectivity index (χ4v) is 3.76. The van der Waals surface area contributed by atoms with Crippen molar-refractivity contribution < 1.29 is 4.79 Å². The number of aryl methyl sites for hydroxylation is 1. The van der Waals surface area contributed by atoms with Gasteiger partial charge >= 0.3 is 0 Å². The summed E-state index contributed by atoms with van der Waals surface area (Å²) in [5, 5.41) is 10.6. The summed E-state index contributed by atoms with van der Waals surface area (Å²) in [5.74, 6) is 0.180. The van der Waals surface area contributed by atoms with Crippen LogP contribution in [0.4, 0.5) is 5.13 Å². The van der Waals surface area contributed by atoms with Gasteiger partial charge in [0.25, 0.3) is 0 Å². The average Bonchev–Trinajstić information content (AvgIpc) is 3.26. The molecule has 26 heavy (non-hydrogen) atoms. The first-order chi connectivity index (χ1) is 12.7. The first-order valence-corrected chi connectivity index (χ1v) is 9.80. The number of benzene rings is 1. The van der Waals surface area contributed by atoms with Gasteiger partial charge in [0.15, 0.2) is 10.8 Å². The molecule has 0 unspecified atom stereocenters. The second-order valence-corrected chi connectivity index (χ2v) is 7.45. The molecule has 0 aliphatic rings. The number of rotatable bonds is 5. The van der Waals surface area contributed by atoms with E-state index in [0.717, 1.165) is 27.6 Å². The molecule has 4 rings (SSSR count). The number of carbonyl (C=O) groups excluding carboxylic acids is 1. The van der Waals surface area contributed by atoms with Gasteiger partial charge in [-0.3, -0.25) is 4.79 Å². The number of aromatic nitrogens is 4. The number of carbonyl (C=O) groups is 1. The molecular formula is C18H15N5OS2. The Balaban J connectivity index is 1.44. The summed E-state index contributed by atoms with van der Waals surface area (Å²) in [6, 6.07) is 13.8. The molecule has 1 N–H and O–H groups in total. The van der Waals surface area contributed by atoms with E-state index >= 15 is 0 Å². The van der Waals surface area contributed by atoms with Crippen LogP contribution < -0.4 is 5.32 Å². The molecule has 3 aromatic heterocycles. The molecule has 0 aliphatic carbocycles. The Morgan fingerprint density at radius 1 is 1.19 bits per heavy atom. The third-order valence-corrected chi connectivity index (χ3v) is 5.38. The highest BCUT2D eigenvalue weighted by Crippen LogP contribution is 2.21. The van der Waals surface area contributed by atoms with Crippen LogP contribution in [0.1, 0.15) is 5.69 Å². The largest absolute Gasteiger partial charge is 0.301 e. The van der Waals surface area contributed by atoms with Gasteiger partial charge in [-0.15, -0.1) is 11.3 Å². The zero-order valence-electron chi connectivity index (χ0n) is 13.9. The van der Waals surface area contributed by atoms with E-state index in [-0.39, 0.29) is 11.7 Å². The Kier molecular flexibility index (Phi) is 4.68. The Labute approximate surface area is 158 Å². The average molecular weight is 381 g/mol. The summed E-state index contributed by atoms with van der Waals surface area (Å²) in [6.45, 7) is 1.90. The molecule has 0 spiro atoms. The van der Waals surface area contributed by atoms with E-state index in [1.807, 2.05) is 61.0 Å². The van der Waals surface area contributed by atoms with Crippen LogP contribution in [-0.2, 0) is 4.79 Å². The van der Waals surface area contributed by atoms with Crippen molar-refractivity contribution in [2.75, 3.05) is 11.1 Å². The Morgan fingerprint density at radius 3 is 2.81 bits per heavy atom. The predicted octanol–water partition coefficient (Wildman–Crippen LogP) is 3.89. The zero-order chi connectivity index (χ0) is 17.9. The molecule has 0 atom stereocenters. The quantitative estimate of drug-likeness (QED) is 0.531. The number of nitrogens with one attached hydrogen (secondary N) is 1. The SMILES string of the molecule is Cc1csc(NC(=O)CSc2ccc3nc(-c4ccccc4)cn3n2)n1. The molecule has 0 aliphatic heterocycles. The lowest BCUT2D eigenvalue weighted by molar-refractivity contribution is -0.113. The van der Waals surface area contributed by atoms with Gasteiger partial charge in [0, 0.05) is 10.9 Å². The first-order valence-electron chi connectivity index (χ1n) is 7.94. The van der Waals surface area contributed by atoms with Crippen molar-refractivity contribution in [3.05, 3.63) is 59.7 Å². The molecule has 0 bridgehead atoms. The third-order valence-electron chi connectivity index (χ3n) is 3.58. The number of fused-ring (bicyclic) bond motifs is 1. The Hall–Kier alpha value is -2.71. The number of thiazole rings is 1. The fraction of sp³-hybridized carbons (Fsp3) is 0.111. The molecule has 6 nitrogen and oxygen atoms in total. The molecule has 1 aromatic carbocycles. The van der Waals surface area contributed by atoms with Crippen LogP contribution in [0.15, 0.2) is 59.1 Å². The van der Waals surface area contributed by atoms with Crippen molar-refractivity contribution in [3.63, 3.8) is 0 Å². The summed E-state index contributed by atoms with van der Waals surface area (Å²) in [4.78, 5) is 20.8. The van der Waals surface area contributed by atoms with E-state index in [2.05, 4.69) is 20.4 Å². The summed E-state index contributed by atoms with van der Waals surface area (Å²) < 4.78 is 1.74. The van der Waals surface area contributed by atoms with E-state index in [9.17, 15) is 4.79 Å². The van der Waals surface area contributed by atoms with Crippen molar-refractivity contribution in [2.24, 2.45) is 0 Å². The van der Waals surface area contributed by atoms with Crippen LogP contribution in [0.25, 0.3) is 16.9 Å². The van der Waals surface area contributed by atoms with Crippen molar-refractivity contribution >= 4 is 39.8 Å². The number of hydrogen-bond acceptors (Lipinski definition) is 6. The van der Waals surface area contributed by atoms with E-state index in [1.165, 1.54) is 23.1 Å². The minimum Gasteiger partial charge on any atom is -0.301 e. The minimum atomic E-state index is -0.0955. The van der Waals surface area contributed by atoms with Crippen LogP contribution >= 0.6 is 23.1 Å². The molecule has 0 saturated carbocycles. The van der Waals surface area contributed by atoms with Crippen molar-refractivity contribution in [1.82, 2.24) is 19.6 Å². The van der Waals surface area contributed by atoms with Crippen LogP contribution in [0.5, 0.6) is 0 Å². The number of hydrogen-bond donors (Lipinski definition) is 1. The van der Waals surface area contributed by atoms with E-state index in [1.54, 1.807) is 4.52 Å². The summed E-state index contributed by atoms with van der Waals surface area (Å²) in [7, 11) is 0. The predicted molar refractivity (Wildman–Crippen MR) is 105 cm³/mol. The van der Waals surface area contributed by atoms with Gasteiger partial charge in [0.05, 0.1) is 23.3 Å². The number of anilines is 1. The van der Waals surface area contributed by atoms with Crippen molar-refractivity contribution in [3.8, 4) is 11.3 Å². The number of amides is 1. The molecule has 8 heteroatoms. The van der Waals surface area contributed by atoms with Gasteiger partial charge in [0.2, 0.25) is 5.91 Å². The topological polar surface area (TPSA) is 72.2 Å². The molecular weight excluding hydrogens is 366 g/mol. The van der Waals surface area contributed by atoms with Gasteiger partial charge in [-0.25, -0.2) is 14.5 Å². The number of thioether (sulfide) groups is 1. The maximum Gasteiger partial charge on any atom is 0.236 e. The normalized spacial score (nSPS) is 11.0. The molecule has 0 radical (unpaired) electrons. The lowest BCUT2D eigenvalue weighted by Gasteiger charge is -2.02. The van der Waals surface area contributed by atoms with Crippen LogP contribution in [0.3, 0.4) is 0 Å². The number of imidazole rings is 1. The highest BCUT2D eigenvalue weighted by molar-refractivity contribution is 7.99. The van der Waals surface area contributed by atoms with Gasteiger partial charge in [-0.2, -0.15) is 5.10 Å². The molecule has 4 aromatic rings. The lowest BCUT2D eigenvalue weighted by Crippen LogP contribution is -2.14. The van der Waals surface area contributed by atoms with Crippen molar-refractivity contribution in [2.45, 2.75) is 11.9 Å². The Bertz CT molecular complexity index is 1060. The minimum absolute atomic E-state index is 0.0955. The van der Waals surface area contributed by atoms with E-state index < -0.39 is 0 Å².